The largest absolute Gasteiger partial charge is 0.571 e. The molecule has 1 saturated heterocycles. The molecule has 0 atom stereocenters. The number of hydrogen-bond acceptors (Lipinski definition) is 6. The molecule has 0 unspecified atom stereocenters. The Balaban J connectivity index is 1.29. The van der Waals surface area contributed by atoms with Crippen LogP contribution in [0.4, 0.5) is 5.69 Å². The Morgan fingerprint density at radius 2 is 1.65 bits per heavy atom. The number of anilines is 1. The minimum absolute atomic E-state index is 0.0528. The van der Waals surface area contributed by atoms with E-state index in [-0.39, 0.29) is 23.0 Å². The Morgan fingerprint density at radius 3 is 2.35 bits per heavy atom. The monoisotopic (exact) mass is 417 g/mol. The first-order valence-corrected chi connectivity index (χ1v) is 10.5. The first-order chi connectivity index (χ1) is 15.0. The quantitative estimate of drug-likeness (QED) is 0.369. The van der Waals surface area contributed by atoms with E-state index in [2.05, 4.69) is 46.1 Å². The predicted molar refractivity (Wildman–Crippen MR) is 114 cm³/mol. The molecule has 1 aliphatic heterocycles. The van der Waals surface area contributed by atoms with E-state index in [1.54, 1.807) is 24.3 Å². The molecule has 0 radical (unpaired) electrons. The molecular weight excluding hydrogens is 394 g/mol. The summed E-state index contributed by atoms with van der Waals surface area (Å²) in [5.41, 5.74) is 3.14. The molecule has 0 amide bonds. The van der Waals surface area contributed by atoms with Crippen molar-refractivity contribution in [2.75, 3.05) is 37.6 Å². The highest BCUT2D eigenvalue weighted by Gasteiger charge is 2.39. The molecule has 31 heavy (non-hydrogen) atoms. The number of piperazine rings is 1. The lowest BCUT2D eigenvalue weighted by Crippen LogP contribution is -2.49. The van der Waals surface area contributed by atoms with Gasteiger partial charge in [-0.05, 0) is 24.6 Å². The summed E-state index contributed by atoms with van der Waals surface area (Å²) in [6, 6.07) is 15.1. The molecule has 8 nitrogen and oxygen atoms in total. The second-order valence-electron chi connectivity index (χ2n) is 8.04. The lowest BCUT2D eigenvalue weighted by molar-refractivity contribution is -0.749. The molecular formula is C23H23N5O3. The smallest absolute Gasteiger partial charge is 0.220 e. The van der Waals surface area contributed by atoms with E-state index in [9.17, 15) is 14.8 Å². The first-order valence-electron chi connectivity index (χ1n) is 10.5. The highest BCUT2D eigenvalue weighted by Crippen LogP contribution is 2.25. The summed E-state index contributed by atoms with van der Waals surface area (Å²) in [4.78, 5) is 30.7. The number of carbonyl (C=O) groups excluding carboxylic acids is 2. The predicted octanol–water partition coefficient (Wildman–Crippen LogP) is 1.42. The summed E-state index contributed by atoms with van der Waals surface area (Å²) >= 11 is 0. The van der Waals surface area contributed by atoms with Crippen LogP contribution in [0.5, 0.6) is 0 Å². The maximum atomic E-state index is 13.0. The molecule has 1 fully saturated rings. The normalized spacial score (nSPS) is 16.4. The first kappa shape index (κ1) is 19.4. The van der Waals surface area contributed by atoms with Crippen LogP contribution >= 0.6 is 0 Å². The molecule has 0 spiro atoms. The number of rotatable bonds is 4. The van der Waals surface area contributed by atoms with E-state index < -0.39 is 0 Å². The van der Waals surface area contributed by atoms with E-state index in [0.29, 0.717) is 29.2 Å². The number of ketones is 2. The van der Waals surface area contributed by atoms with Crippen molar-refractivity contribution in [1.29, 1.82) is 0 Å². The van der Waals surface area contributed by atoms with Gasteiger partial charge in [-0.15, -0.1) is 4.68 Å². The number of benzene rings is 2. The number of nitrogens with zero attached hydrogens (tertiary/aromatic N) is 5. The van der Waals surface area contributed by atoms with Crippen LogP contribution in [0.2, 0.25) is 0 Å². The minimum atomic E-state index is -0.375. The van der Waals surface area contributed by atoms with Gasteiger partial charge in [-0.2, -0.15) is 0 Å². The van der Waals surface area contributed by atoms with Gasteiger partial charge < -0.3 is 10.1 Å². The average molecular weight is 417 g/mol. The van der Waals surface area contributed by atoms with Crippen molar-refractivity contribution in [3.8, 4) is 0 Å². The fraction of sp³-hybridized carbons (Fsp3) is 0.304. The zero-order valence-corrected chi connectivity index (χ0v) is 17.3. The lowest BCUT2D eigenvalue weighted by atomic mass is 9.90. The van der Waals surface area contributed by atoms with Crippen LogP contribution < -0.4 is 9.86 Å². The van der Waals surface area contributed by atoms with Gasteiger partial charge >= 0.3 is 0 Å². The van der Waals surface area contributed by atoms with Crippen LogP contribution in [-0.4, -0.2) is 59.0 Å². The van der Waals surface area contributed by atoms with Crippen LogP contribution in [0.1, 0.15) is 37.7 Å². The fourth-order valence-electron chi connectivity index (χ4n) is 4.39. The SMILES string of the molecule is Cc1cccc(N2CCN(CCn3c4c(n[n+]3[O-])C(=O)c3ccccc3C4=O)CC2)c1. The number of hydrogen-bond donors (Lipinski definition) is 0. The third-order valence-corrected chi connectivity index (χ3v) is 6.09. The molecule has 0 bridgehead atoms. The Kier molecular flexibility index (Phi) is 4.78. The van der Waals surface area contributed by atoms with E-state index in [4.69, 9.17) is 0 Å². The van der Waals surface area contributed by atoms with Gasteiger partial charge in [0.1, 0.15) is 0 Å². The van der Waals surface area contributed by atoms with Crippen molar-refractivity contribution in [2.45, 2.75) is 13.5 Å². The third-order valence-electron chi connectivity index (χ3n) is 6.09. The lowest BCUT2D eigenvalue weighted by Gasteiger charge is -2.36. The van der Waals surface area contributed by atoms with E-state index in [0.717, 1.165) is 26.2 Å². The number of carbonyl (C=O) groups is 2. The molecule has 2 heterocycles. The van der Waals surface area contributed by atoms with Gasteiger partial charge in [0.25, 0.3) is 0 Å². The van der Waals surface area contributed by atoms with Crippen molar-refractivity contribution in [3.05, 3.63) is 81.8 Å². The maximum absolute atomic E-state index is 13.0. The van der Waals surface area contributed by atoms with Crippen molar-refractivity contribution >= 4 is 17.3 Å². The standard InChI is InChI=1S/C23H23N5O3/c1-16-5-4-6-17(15-16)26-12-9-25(10-13-26)11-14-27-21-20(24-28(27)31)22(29)18-7-2-3-8-19(18)23(21)30/h2-8,15H,9-14H2,1H3. The fourth-order valence-corrected chi connectivity index (χ4v) is 4.39. The van der Waals surface area contributed by atoms with Crippen molar-refractivity contribution in [2.24, 2.45) is 0 Å². The molecule has 2 aromatic carbocycles. The summed E-state index contributed by atoms with van der Waals surface area (Å²) in [6.07, 6.45) is 0. The molecule has 8 heteroatoms. The molecule has 1 aromatic heterocycles. The summed E-state index contributed by atoms with van der Waals surface area (Å²) in [5.74, 6) is -0.697. The van der Waals surface area contributed by atoms with Gasteiger partial charge in [-0.1, -0.05) is 36.4 Å². The summed E-state index contributed by atoms with van der Waals surface area (Å²) < 4.78 is 1.29. The van der Waals surface area contributed by atoms with Crippen LogP contribution in [0, 0.1) is 12.1 Å². The second kappa shape index (κ2) is 7.63. The van der Waals surface area contributed by atoms with Crippen LogP contribution in [0.25, 0.3) is 0 Å². The van der Waals surface area contributed by atoms with E-state index in [1.807, 2.05) is 0 Å². The number of aryl methyl sites for hydroxylation is 1. The molecule has 1 aliphatic carbocycles. The van der Waals surface area contributed by atoms with Crippen LogP contribution in [0.3, 0.4) is 0 Å². The Bertz CT molecular complexity index is 1180. The molecule has 5 rings (SSSR count). The summed E-state index contributed by atoms with van der Waals surface area (Å²) in [5, 5.41) is 16.3. The number of fused-ring (bicyclic) bond motifs is 2. The second-order valence-corrected chi connectivity index (χ2v) is 8.04. The molecule has 0 saturated carbocycles. The zero-order chi connectivity index (χ0) is 21.5. The third kappa shape index (κ3) is 3.38. The summed E-state index contributed by atoms with van der Waals surface area (Å²) in [6.45, 7) is 6.52. The highest BCUT2D eigenvalue weighted by atomic mass is 16.5. The van der Waals surface area contributed by atoms with E-state index >= 15 is 0 Å². The average Bonchev–Trinajstić information content (AvgIpc) is 3.13. The van der Waals surface area contributed by atoms with Gasteiger partial charge in [0, 0.05) is 59.6 Å². The number of aromatic nitrogens is 3. The van der Waals surface area contributed by atoms with Crippen molar-refractivity contribution in [1.82, 2.24) is 14.7 Å². The van der Waals surface area contributed by atoms with Crippen LogP contribution in [-0.2, 0) is 6.54 Å². The molecule has 0 N–H and O–H groups in total. The minimum Gasteiger partial charge on any atom is -0.571 e. The molecule has 158 valence electrons. The van der Waals surface area contributed by atoms with Gasteiger partial charge in [0.2, 0.25) is 17.3 Å². The van der Waals surface area contributed by atoms with Crippen molar-refractivity contribution < 1.29 is 14.5 Å². The van der Waals surface area contributed by atoms with Gasteiger partial charge in [-0.25, -0.2) is 0 Å². The zero-order valence-electron chi connectivity index (χ0n) is 17.3. The molecule has 2 aliphatic rings. The highest BCUT2D eigenvalue weighted by molar-refractivity contribution is 6.26. The van der Waals surface area contributed by atoms with Gasteiger partial charge in [0.05, 0.1) is 6.54 Å². The van der Waals surface area contributed by atoms with Crippen molar-refractivity contribution in [3.63, 3.8) is 0 Å². The Labute approximate surface area is 179 Å². The molecule has 3 aromatic rings. The maximum Gasteiger partial charge on any atom is 0.220 e. The van der Waals surface area contributed by atoms with Gasteiger partial charge in [-0.3, -0.25) is 14.5 Å². The Morgan fingerprint density at radius 1 is 0.935 bits per heavy atom. The van der Waals surface area contributed by atoms with Gasteiger partial charge in [0.15, 0.2) is 5.69 Å². The van der Waals surface area contributed by atoms with E-state index in [1.165, 1.54) is 15.9 Å². The Hall–Kier alpha value is -3.52. The topological polar surface area (TPSA) is 85.4 Å². The summed E-state index contributed by atoms with van der Waals surface area (Å²) in [7, 11) is 0. The van der Waals surface area contributed by atoms with Crippen LogP contribution in [0.15, 0.2) is 48.5 Å².